The Balaban J connectivity index is 1.80. The van der Waals surface area contributed by atoms with Crippen molar-refractivity contribution in [1.82, 2.24) is 19.9 Å². The second kappa shape index (κ2) is 7.74. The predicted molar refractivity (Wildman–Crippen MR) is 103 cm³/mol. The van der Waals surface area contributed by atoms with Crippen molar-refractivity contribution < 1.29 is 4.79 Å². The molecule has 25 heavy (non-hydrogen) atoms. The molecule has 9 heteroatoms. The zero-order chi connectivity index (χ0) is 18.0. The number of aromatic nitrogens is 3. The number of nitrogens with zero attached hydrogens (tertiary/aromatic N) is 4. The van der Waals surface area contributed by atoms with Crippen molar-refractivity contribution >= 4 is 44.5 Å². The minimum atomic E-state index is -0.0993. The number of rotatable bonds is 6. The molecule has 0 saturated carbocycles. The van der Waals surface area contributed by atoms with E-state index in [1.165, 1.54) is 27.7 Å². The zero-order valence-electron chi connectivity index (χ0n) is 14.7. The number of carbonyl (C=O) groups excluding carboxylic acids is 1. The van der Waals surface area contributed by atoms with E-state index in [9.17, 15) is 9.59 Å². The normalized spacial score (nSPS) is 15.7. The van der Waals surface area contributed by atoms with E-state index in [4.69, 9.17) is 0 Å². The van der Waals surface area contributed by atoms with Crippen molar-refractivity contribution in [3.8, 4) is 0 Å². The van der Waals surface area contributed by atoms with Crippen molar-refractivity contribution in [2.75, 3.05) is 23.7 Å². The lowest BCUT2D eigenvalue weighted by molar-refractivity contribution is -0.119. The summed E-state index contributed by atoms with van der Waals surface area (Å²) in [4.78, 5) is 35.8. The van der Waals surface area contributed by atoms with Gasteiger partial charge in [0.1, 0.15) is 4.70 Å². The molecule has 1 unspecified atom stereocenters. The Labute approximate surface area is 154 Å². The number of nitrogens with one attached hydrogen (secondary N) is 1. The van der Waals surface area contributed by atoms with Gasteiger partial charge in [0.05, 0.1) is 5.75 Å². The fraction of sp³-hybridized carbons (Fsp3) is 0.625. The van der Waals surface area contributed by atoms with Gasteiger partial charge in [-0.1, -0.05) is 30.0 Å². The number of amides is 1. The minimum absolute atomic E-state index is 0.0512. The van der Waals surface area contributed by atoms with E-state index in [-0.39, 0.29) is 23.3 Å². The summed E-state index contributed by atoms with van der Waals surface area (Å²) in [6, 6.07) is 0.147. The van der Waals surface area contributed by atoms with E-state index in [1.54, 1.807) is 7.05 Å². The third kappa shape index (κ3) is 3.98. The van der Waals surface area contributed by atoms with Crippen molar-refractivity contribution in [2.24, 2.45) is 7.05 Å². The number of carbonyl (C=O) groups is 1. The molecule has 0 spiro atoms. The molecule has 0 aromatic carbocycles. The molecule has 3 heterocycles. The lowest BCUT2D eigenvalue weighted by Crippen LogP contribution is -2.33. The average Bonchev–Trinajstić information content (AvgIpc) is 3.25. The maximum absolute atomic E-state index is 12.6. The van der Waals surface area contributed by atoms with Crippen LogP contribution in [0, 0.1) is 0 Å². The molecular weight excluding hydrogens is 358 g/mol. The van der Waals surface area contributed by atoms with Crippen molar-refractivity contribution in [3.63, 3.8) is 0 Å². The first-order valence-corrected chi connectivity index (χ1v) is 10.3. The van der Waals surface area contributed by atoms with Crippen LogP contribution < -0.4 is 15.8 Å². The number of thiazole rings is 1. The van der Waals surface area contributed by atoms with Crippen molar-refractivity contribution in [1.29, 1.82) is 0 Å². The van der Waals surface area contributed by atoms with Crippen LogP contribution in [-0.2, 0) is 11.8 Å². The molecule has 0 radical (unpaired) electrons. The molecule has 0 bridgehead atoms. The molecule has 1 fully saturated rings. The predicted octanol–water partition coefficient (Wildman–Crippen LogP) is 2.00. The Morgan fingerprint density at radius 3 is 2.76 bits per heavy atom. The SMILES string of the molecule is CCC(C)NC(=O)CSc1nc2nc(N3CCCC3)sc2c(=O)n1C. The lowest BCUT2D eigenvalue weighted by atomic mass is 10.3. The highest BCUT2D eigenvalue weighted by Gasteiger charge is 2.20. The topological polar surface area (TPSA) is 80.1 Å². The summed E-state index contributed by atoms with van der Waals surface area (Å²) >= 11 is 2.68. The third-order valence-electron chi connectivity index (χ3n) is 4.31. The second-order valence-corrected chi connectivity index (χ2v) is 8.19. The van der Waals surface area contributed by atoms with Crippen LogP contribution in [0.25, 0.3) is 10.3 Å². The molecule has 1 N–H and O–H groups in total. The summed E-state index contributed by atoms with van der Waals surface area (Å²) in [5.74, 6) is 0.184. The van der Waals surface area contributed by atoms with Crippen LogP contribution >= 0.6 is 23.1 Å². The maximum Gasteiger partial charge on any atom is 0.273 e. The van der Waals surface area contributed by atoms with Gasteiger partial charge < -0.3 is 10.2 Å². The van der Waals surface area contributed by atoms with Crippen LogP contribution in [0.1, 0.15) is 33.1 Å². The van der Waals surface area contributed by atoms with E-state index in [0.29, 0.717) is 15.5 Å². The summed E-state index contributed by atoms with van der Waals surface area (Å²) in [5, 5.41) is 4.31. The van der Waals surface area contributed by atoms with Gasteiger partial charge in [0, 0.05) is 26.2 Å². The second-order valence-electron chi connectivity index (χ2n) is 6.27. The number of hydrogen-bond acceptors (Lipinski definition) is 7. The van der Waals surface area contributed by atoms with Gasteiger partial charge in [0.2, 0.25) is 5.91 Å². The van der Waals surface area contributed by atoms with Crippen molar-refractivity contribution in [3.05, 3.63) is 10.4 Å². The van der Waals surface area contributed by atoms with E-state index < -0.39 is 0 Å². The molecule has 7 nitrogen and oxygen atoms in total. The Hall–Kier alpha value is -1.61. The summed E-state index contributed by atoms with van der Waals surface area (Å²) in [6.07, 6.45) is 3.21. The Kier molecular flexibility index (Phi) is 5.63. The molecule has 1 aliphatic rings. The standard InChI is InChI=1S/C16H23N5O2S2/c1-4-10(2)17-11(22)9-24-15-18-13-12(14(23)20(15)3)25-16(19-13)21-7-5-6-8-21/h10H,4-9H2,1-3H3,(H,17,22). The van der Waals surface area contributed by atoms with Gasteiger partial charge >= 0.3 is 0 Å². The number of fused-ring (bicyclic) bond motifs is 1. The molecule has 1 atom stereocenters. The highest BCUT2D eigenvalue weighted by Crippen LogP contribution is 2.29. The Morgan fingerprint density at radius 2 is 2.08 bits per heavy atom. The molecule has 2 aromatic heterocycles. The van der Waals surface area contributed by atoms with Crippen LogP contribution in [0.3, 0.4) is 0 Å². The van der Waals surface area contributed by atoms with Crippen LogP contribution in [0.4, 0.5) is 5.13 Å². The van der Waals surface area contributed by atoms with E-state index >= 15 is 0 Å². The maximum atomic E-state index is 12.6. The van der Waals surface area contributed by atoms with E-state index in [1.807, 2.05) is 13.8 Å². The molecule has 0 aliphatic carbocycles. The van der Waals surface area contributed by atoms with Gasteiger partial charge in [-0.05, 0) is 26.2 Å². The first kappa shape index (κ1) is 18.2. The molecule has 3 rings (SSSR count). The third-order valence-corrected chi connectivity index (χ3v) is 6.44. The highest BCUT2D eigenvalue weighted by molar-refractivity contribution is 7.99. The lowest BCUT2D eigenvalue weighted by Gasteiger charge is -2.11. The molecule has 136 valence electrons. The molecular formula is C16H23N5O2S2. The summed E-state index contributed by atoms with van der Waals surface area (Å²) in [5.41, 5.74) is 0.387. The number of thioether (sulfide) groups is 1. The summed E-state index contributed by atoms with van der Waals surface area (Å²) in [7, 11) is 1.69. The summed E-state index contributed by atoms with van der Waals surface area (Å²) in [6.45, 7) is 5.96. The summed E-state index contributed by atoms with van der Waals surface area (Å²) < 4.78 is 2.09. The molecule has 1 aliphatic heterocycles. The van der Waals surface area contributed by atoms with E-state index in [2.05, 4.69) is 20.2 Å². The molecule has 1 amide bonds. The fourth-order valence-corrected chi connectivity index (χ4v) is 4.45. The quantitative estimate of drug-likeness (QED) is 0.609. The average molecular weight is 382 g/mol. The van der Waals surface area contributed by atoms with Crippen LogP contribution in [-0.4, -0.2) is 45.3 Å². The first-order chi connectivity index (χ1) is 12.0. The van der Waals surface area contributed by atoms with Gasteiger partial charge in [-0.15, -0.1) is 0 Å². The van der Waals surface area contributed by atoms with Crippen molar-refractivity contribution in [2.45, 2.75) is 44.3 Å². The Morgan fingerprint density at radius 1 is 1.36 bits per heavy atom. The molecule has 1 saturated heterocycles. The van der Waals surface area contributed by atoms with E-state index in [0.717, 1.165) is 37.5 Å². The van der Waals surface area contributed by atoms with Gasteiger partial charge in [-0.3, -0.25) is 14.2 Å². The first-order valence-electron chi connectivity index (χ1n) is 8.54. The van der Waals surface area contributed by atoms with Gasteiger partial charge in [0.15, 0.2) is 15.9 Å². The molecule has 2 aromatic rings. The smallest absolute Gasteiger partial charge is 0.273 e. The van der Waals surface area contributed by atoms with Gasteiger partial charge in [0.25, 0.3) is 5.56 Å². The van der Waals surface area contributed by atoms with Crippen LogP contribution in [0.15, 0.2) is 9.95 Å². The van der Waals surface area contributed by atoms with Crippen LogP contribution in [0.2, 0.25) is 0 Å². The Bertz CT molecular complexity index is 826. The zero-order valence-corrected chi connectivity index (χ0v) is 16.4. The number of hydrogen-bond donors (Lipinski definition) is 1. The van der Waals surface area contributed by atoms with Gasteiger partial charge in [-0.25, -0.2) is 4.98 Å². The van der Waals surface area contributed by atoms with Gasteiger partial charge in [-0.2, -0.15) is 4.98 Å². The monoisotopic (exact) mass is 381 g/mol. The largest absolute Gasteiger partial charge is 0.353 e. The number of anilines is 1. The highest BCUT2D eigenvalue weighted by atomic mass is 32.2. The van der Waals surface area contributed by atoms with Crippen LogP contribution in [0.5, 0.6) is 0 Å². The fourth-order valence-electron chi connectivity index (χ4n) is 2.64. The minimum Gasteiger partial charge on any atom is -0.353 e.